The molecule has 2 saturated heterocycles. The van der Waals surface area contributed by atoms with Crippen molar-refractivity contribution in [2.24, 2.45) is 11.8 Å². The minimum Gasteiger partial charge on any atom is -0.377 e. The van der Waals surface area contributed by atoms with Crippen molar-refractivity contribution in [3.05, 3.63) is 0 Å². The summed E-state index contributed by atoms with van der Waals surface area (Å²) in [6.07, 6.45) is 5.91. The summed E-state index contributed by atoms with van der Waals surface area (Å²) in [5.41, 5.74) is 0. The first-order valence-electron chi connectivity index (χ1n) is 6.59. The molecule has 0 amide bonds. The number of likely N-dealkylation sites (tertiary alicyclic amines) is 1. The molecule has 0 radical (unpaired) electrons. The van der Waals surface area contributed by atoms with Gasteiger partial charge in [0.1, 0.15) is 0 Å². The Balaban J connectivity index is 1.79. The van der Waals surface area contributed by atoms with Crippen LogP contribution < -0.4 is 0 Å². The van der Waals surface area contributed by atoms with Crippen molar-refractivity contribution in [3.63, 3.8) is 0 Å². The predicted molar refractivity (Wildman–Crippen MR) is 63.0 cm³/mol. The summed E-state index contributed by atoms with van der Waals surface area (Å²) in [6, 6.07) is 0. The molecule has 0 N–H and O–H groups in total. The maximum absolute atomic E-state index is 5.89. The molecule has 0 spiro atoms. The molecule has 0 aromatic carbocycles. The Morgan fingerprint density at radius 1 is 1.20 bits per heavy atom. The Morgan fingerprint density at radius 2 is 2.07 bits per heavy atom. The monoisotopic (exact) mass is 211 g/mol. The summed E-state index contributed by atoms with van der Waals surface area (Å²) in [6.45, 7) is 9.45. The first-order valence-corrected chi connectivity index (χ1v) is 6.59. The van der Waals surface area contributed by atoms with Crippen LogP contribution in [0.25, 0.3) is 0 Å². The molecular weight excluding hydrogens is 186 g/mol. The second-order valence-electron chi connectivity index (χ2n) is 5.54. The summed E-state index contributed by atoms with van der Waals surface area (Å²) in [5.74, 6) is 1.65. The van der Waals surface area contributed by atoms with E-state index < -0.39 is 0 Å². The molecular formula is C13H25NO. The zero-order valence-corrected chi connectivity index (χ0v) is 10.2. The molecule has 2 aliphatic rings. The molecule has 2 fully saturated rings. The molecule has 3 atom stereocenters. The molecule has 2 heteroatoms. The fraction of sp³-hybridized carbons (Fsp3) is 1.00. The lowest BCUT2D eigenvalue weighted by molar-refractivity contribution is -0.0432. The molecule has 0 aromatic rings. The van der Waals surface area contributed by atoms with Crippen LogP contribution in [0.15, 0.2) is 0 Å². The Bertz CT molecular complexity index is 195. The zero-order valence-electron chi connectivity index (χ0n) is 10.2. The van der Waals surface area contributed by atoms with Gasteiger partial charge in [0.15, 0.2) is 0 Å². The van der Waals surface area contributed by atoms with Crippen molar-refractivity contribution in [3.8, 4) is 0 Å². The smallest absolute Gasteiger partial charge is 0.0727 e. The van der Waals surface area contributed by atoms with Gasteiger partial charge in [0, 0.05) is 19.7 Å². The first kappa shape index (κ1) is 11.4. The molecule has 2 aliphatic heterocycles. The van der Waals surface area contributed by atoms with E-state index in [1.54, 1.807) is 0 Å². The summed E-state index contributed by atoms with van der Waals surface area (Å²) in [4.78, 5) is 2.61. The third-order valence-electron chi connectivity index (χ3n) is 3.95. The Labute approximate surface area is 94.0 Å². The molecule has 2 nitrogen and oxygen atoms in total. The molecule has 0 aliphatic carbocycles. The van der Waals surface area contributed by atoms with Gasteiger partial charge < -0.3 is 9.64 Å². The van der Waals surface area contributed by atoms with Crippen LogP contribution in [0.2, 0.25) is 0 Å². The number of piperidine rings is 1. The number of rotatable bonds is 2. The summed E-state index contributed by atoms with van der Waals surface area (Å²) in [7, 11) is 0. The second kappa shape index (κ2) is 5.31. The number of hydrogen-bond donors (Lipinski definition) is 0. The fourth-order valence-corrected chi connectivity index (χ4v) is 2.93. The highest BCUT2D eigenvalue weighted by molar-refractivity contribution is 4.78. The third-order valence-corrected chi connectivity index (χ3v) is 3.95. The largest absolute Gasteiger partial charge is 0.377 e. The van der Waals surface area contributed by atoms with Crippen molar-refractivity contribution >= 4 is 0 Å². The van der Waals surface area contributed by atoms with Gasteiger partial charge in [-0.2, -0.15) is 0 Å². The van der Waals surface area contributed by atoms with E-state index >= 15 is 0 Å². The van der Waals surface area contributed by atoms with Gasteiger partial charge in [0.2, 0.25) is 0 Å². The zero-order chi connectivity index (χ0) is 10.7. The summed E-state index contributed by atoms with van der Waals surface area (Å²) >= 11 is 0. The van der Waals surface area contributed by atoms with Gasteiger partial charge in [-0.05, 0) is 44.1 Å². The van der Waals surface area contributed by atoms with Gasteiger partial charge in [-0.3, -0.25) is 0 Å². The maximum Gasteiger partial charge on any atom is 0.0727 e. The van der Waals surface area contributed by atoms with Crippen LogP contribution in [0.4, 0.5) is 0 Å². The lowest BCUT2D eigenvalue weighted by atomic mass is 9.94. The van der Waals surface area contributed by atoms with Crippen LogP contribution in [-0.2, 0) is 4.74 Å². The van der Waals surface area contributed by atoms with Gasteiger partial charge in [-0.15, -0.1) is 0 Å². The molecule has 15 heavy (non-hydrogen) atoms. The van der Waals surface area contributed by atoms with Crippen molar-refractivity contribution in [1.29, 1.82) is 0 Å². The fourth-order valence-electron chi connectivity index (χ4n) is 2.93. The lowest BCUT2D eigenvalue weighted by Gasteiger charge is -2.37. The maximum atomic E-state index is 5.89. The summed E-state index contributed by atoms with van der Waals surface area (Å²) in [5, 5.41) is 0. The Morgan fingerprint density at radius 3 is 2.80 bits per heavy atom. The van der Waals surface area contributed by atoms with E-state index in [1.807, 2.05) is 0 Å². The van der Waals surface area contributed by atoms with Crippen LogP contribution in [0.3, 0.4) is 0 Å². The van der Waals surface area contributed by atoms with Crippen LogP contribution in [-0.4, -0.2) is 37.2 Å². The van der Waals surface area contributed by atoms with E-state index in [4.69, 9.17) is 4.74 Å². The van der Waals surface area contributed by atoms with E-state index in [-0.39, 0.29) is 0 Å². The van der Waals surface area contributed by atoms with Gasteiger partial charge >= 0.3 is 0 Å². The van der Waals surface area contributed by atoms with Gasteiger partial charge in [-0.1, -0.05) is 13.8 Å². The van der Waals surface area contributed by atoms with Crippen LogP contribution in [0.1, 0.15) is 39.5 Å². The van der Waals surface area contributed by atoms with E-state index in [9.17, 15) is 0 Å². The lowest BCUT2D eigenvalue weighted by Crippen LogP contribution is -2.43. The highest BCUT2D eigenvalue weighted by atomic mass is 16.5. The topological polar surface area (TPSA) is 12.5 Å². The van der Waals surface area contributed by atoms with Crippen molar-refractivity contribution in [1.82, 2.24) is 4.90 Å². The number of ether oxygens (including phenoxy) is 1. The third kappa shape index (κ3) is 3.18. The van der Waals surface area contributed by atoms with E-state index in [1.165, 1.54) is 45.3 Å². The highest BCUT2D eigenvalue weighted by Crippen LogP contribution is 2.23. The van der Waals surface area contributed by atoms with E-state index in [0.717, 1.165) is 18.4 Å². The van der Waals surface area contributed by atoms with Crippen LogP contribution in [0, 0.1) is 11.8 Å². The minimum absolute atomic E-state index is 0.504. The Hall–Kier alpha value is -0.0800. The molecule has 0 saturated carbocycles. The van der Waals surface area contributed by atoms with Gasteiger partial charge in [0.05, 0.1) is 6.10 Å². The van der Waals surface area contributed by atoms with Crippen molar-refractivity contribution in [2.45, 2.75) is 45.6 Å². The molecule has 2 heterocycles. The number of hydrogen-bond acceptors (Lipinski definition) is 2. The molecule has 0 bridgehead atoms. The predicted octanol–water partition coefficient (Wildman–Crippen LogP) is 2.53. The quantitative estimate of drug-likeness (QED) is 0.696. The number of nitrogens with zero attached hydrogens (tertiary/aromatic N) is 1. The molecule has 0 aromatic heterocycles. The molecule has 2 unspecified atom stereocenters. The van der Waals surface area contributed by atoms with E-state index in [0.29, 0.717) is 6.10 Å². The average molecular weight is 211 g/mol. The normalized spacial score (nSPS) is 39.2. The minimum atomic E-state index is 0.504. The van der Waals surface area contributed by atoms with Gasteiger partial charge in [-0.25, -0.2) is 0 Å². The van der Waals surface area contributed by atoms with E-state index in [2.05, 4.69) is 18.7 Å². The molecule has 2 rings (SSSR count). The molecule has 88 valence electrons. The Kier molecular flexibility index (Phi) is 4.04. The average Bonchev–Trinajstić information content (AvgIpc) is 2.22. The SMILES string of the molecule is CC1CCCOC1CN1CCC[C@H](C)C1. The standard InChI is InChI=1S/C13H25NO/c1-11-5-3-7-14(9-11)10-13-12(2)6-4-8-15-13/h11-13H,3-10H2,1-2H3/t11-,12?,13?/m0/s1. The highest BCUT2D eigenvalue weighted by Gasteiger charge is 2.26. The van der Waals surface area contributed by atoms with Crippen molar-refractivity contribution in [2.75, 3.05) is 26.2 Å². The summed E-state index contributed by atoms with van der Waals surface area (Å²) < 4.78 is 5.89. The van der Waals surface area contributed by atoms with Crippen LogP contribution in [0.5, 0.6) is 0 Å². The second-order valence-corrected chi connectivity index (χ2v) is 5.54. The van der Waals surface area contributed by atoms with Gasteiger partial charge in [0.25, 0.3) is 0 Å². The van der Waals surface area contributed by atoms with Crippen molar-refractivity contribution < 1.29 is 4.74 Å². The van der Waals surface area contributed by atoms with Crippen LogP contribution >= 0.6 is 0 Å². The first-order chi connectivity index (χ1) is 7.25.